The van der Waals surface area contributed by atoms with Crippen LogP contribution >= 0.6 is 11.6 Å². The highest BCUT2D eigenvalue weighted by molar-refractivity contribution is 6.31. The van der Waals surface area contributed by atoms with Crippen molar-refractivity contribution in [1.82, 2.24) is 25.2 Å². The summed E-state index contributed by atoms with van der Waals surface area (Å²) in [4.78, 5) is 27.5. The summed E-state index contributed by atoms with van der Waals surface area (Å²) in [5.74, 6) is 0.853. The molecule has 3 aromatic rings. The van der Waals surface area contributed by atoms with Gasteiger partial charge in [0.05, 0.1) is 28.2 Å². The van der Waals surface area contributed by atoms with Crippen LogP contribution in [0.2, 0.25) is 5.02 Å². The van der Waals surface area contributed by atoms with E-state index in [1.54, 1.807) is 39.9 Å². The molecule has 2 amide bonds. The number of carbonyl (C=O) groups excluding carboxylic acids is 2. The van der Waals surface area contributed by atoms with E-state index >= 15 is 0 Å². The first-order valence-corrected chi connectivity index (χ1v) is 16.1. The molecular weight excluding hydrogens is 604 g/mol. The molecule has 1 saturated carbocycles. The molecule has 1 aromatic heterocycles. The van der Waals surface area contributed by atoms with Crippen molar-refractivity contribution < 1.29 is 19.1 Å². The molecule has 0 radical (unpaired) electrons. The summed E-state index contributed by atoms with van der Waals surface area (Å²) in [6.07, 6.45) is 4.06. The summed E-state index contributed by atoms with van der Waals surface area (Å²) in [6, 6.07) is 14.3. The van der Waals surface area contributed by atoms with Crippen LogP contribution in [0.25, 0.3) is 5.69 Å². The second-order valence-corrected chi connectivity index (χ2v) is 15.0. The van der Waals surface area contributed by atoms with E-state index in [2.05, 4.69) is 49.4 Å². The quantitative estimate of drug-likeness (QED) is 0.307. The highest BCUT2D eigenvalue weighted by Gasteiger charge is 2.64. The number of nitriles is 1. The first-order valence-electron chi connectivity index (χ1n) is 15.8. The zero-order valence-corrected chi connectivity index (χ0v) is 28.4. The Morgan fingerprint density at radius 3 is 2.30 bits per heavy atom. The van der Waals surface area contributed by atoms with Crippen LogP contribution < -0.4 is 10.1 Å². The molecule has 2 aromatic carbocycles. The number of nitrogens with zero attached hydrogens (tertiary/aromatic N) is 5. The smallest absolute Gasteiger partial charge is 0.410 e. The van der Waals surface area contributed by atoms with Crippen molar-refractivity contribution >= 4 is 23.6 Å². The van der Waals surface area contributed by atoms with Gasteiger partial charge >= 0.3 is 6.09 Å². The monoisotopic (exact) mass is 646 g/mol. The van der Waals surface area contributed by atoms with Crippen LogP contribution in [0.1, 0.15) is 82.9 Å². The van der Waals surface area contributed by atoms with Crippen molar-refractivity contribution in [3.63, 3.8) is 0 Å². The Balaban J connectivity index is 1.15. The fourth-order valence-corrected chi connectivity index (χ4v) is 7.25. The lowest BCUT2D eigenvalue weighted by Crippen LogP contribution is -2.74. The molecule has 0 bridgehead atoms. The summed E-state index contributed by atoms with van der Waals surface area (Å²) in [7, 11) is 0. The van der Waals surface area contributed by atoms with Gasteiger partial charge in [-0.1, -0.05) is 44.5 Å². The maximum Gasteiger partial charge on any atom is 0.410 e. The molecule has 1 N–H and O–H groups in total. The number of nitrogens with one attached hydrogen (secondary N) is 1. The first kappa shape index (κ1) is 33.3. The maximum atomic E-state index is 13.3. The van der Waals surface area contributed by atoms with E-state index < -0.39 is 5.60 Å². The fourth-order valence-electron chi connectivity index (χ4n) is 7.04. The van der Waals surface area contributed by atoms with Gasteiger partial charge in [0.2, 0.25) is 0 Å². The molecule has 2 aliphatic rings. The number of carbonyl (C=O) groups is 2. The van der Waals surface area contributed by atoms with Gasteiger partial charge in [0, 0.05) is 41.6 Å². The van der Waals surface area contributed by atoms with Gasteiger partial charge in [-0.25, -0.2) is 9.48 Å². The lowest BCUT2D eigenvalue weighted by molar-refractivity contribution is -0.164. The molecule has 5 rings (SSSR count). The van der Waals surface area contributed by atoms with Gasteiger partial charge in [-0.15, -0.1) is 5.10 Å². The summed E-state index contributed by atoms with van der Waals surface area (Å²) in [5.41, 5.74) is 1.45. The summed E-state index contributed by atoms with van der Waals surface area (Å²) in [5, 5.41) is 21.4. The van der Waals surface area contributed by atoms with Crippen molar-refractivity contribution in [2.24, 2.45) is 16.7 Å². The predicted octanol–water partition coefficient (Wildman–Crippen LogP) is 6.59. The van der Waals surface area contributed by atoms with E-state index in [-0.39, 0.29) is 35.0 Å². The van der Waals surface area contributed by atoms with Crippen LogP contribution in [-0.4, -0.2) is 62.7 Å². The van der Waals surface area contributed by atoms with Crippen molar-refractivity contribution in [1.29, 1.82) is 5.26 Å². The summed E-state index contributed by atoms with van der Waals surface area (Å²) >= 11 is 6.22. The molecule has 11 heteroatoms. The Morgan fingerprint density at radius 2 is 1.72 bits per heavy atom. The molecule has 2 heterocycles. The van der Waals surface area contributed by atoms with Crippen LogP contribution in [0.15, 0.2) is 48.7 Å². The Kier molecular flexibility index (Phi) is 9.11. The van der Waals surface area contributed by atoms with E-state index in [0.717, 1.165) is 30.6 Å². The van der Waals surface area contributed by atoms with Crippen molar-refractivity contribution in [3.8, 4) is 17.5 Å². The van der Waals surface area contributed by atoms with Gasteiger partial charge in [-0.05, 0) is 82.3 Å². The molecule has 46 heavy (non-hydrogen) atoms. The second-order valence-electron chi connectivity index (χ2n) is 14.6. The molecule has 2 fully saturated rings. The minimum atomic E-state index is -0.497. The van der Waals surface area contributed by atoms with Crippen LogP contribution in [0, 0.1) is 28.1 Å². The van der Waals surface area contributed by atoms with E-state index in [4.69, 9.17) is 26.3 Å². The van der Waals surface area contributed by atoms with Crippen LogP contribution in [-0.2, 0) is 11.2 Å². The Bertz CT molecular complexity index is 1610. The molecule has 0 atom stereocenters. The summed E-state index contributed by atoms with van der Waals surface area (Å²) < 4.78 is 13.6. The maximum absolute atomic E-state index is 13.3. The molecule has 0 spiro atoms. The number of hydrogen-bond donors (Lipinski definition) is 1. The van der Waals surface area contributed by atoms with Crippen LogP contribution in [0.3, 0.4) is 0 Å². The molecule has 0 unspecified atom stereocenters. The third-order valence-corrected chi connectivity index (χ3v) is 9.44. The van der Waals surface area contributed by atoms with E-state index in [9.17, 15) is 9.59 Å². The molecule has 1 aliphatic heterocycles. The molecular formula is C35H43ClN6O4. The van der Waals surface area contributed by atoms with Crippen LogP contribution in [0.5, 0.6) is 5.75 Å². The number of benzene rings is 2. The van der Waals surface area contributed by atoms with Gasteiger partial charge in [0.15, 0.2) is 0 Å². The van der Waals surface area contributed by atoms with Gasteiger partial charge in [0.1, 0.15) is 23.5 Å². The highest BCUT2D eigenvalue weighted by atomic mass is 35.5. The van der Waals surface area contributed by atoms with Gasteiger partial charge in [-0.2, -0.15) is 5.26 Å². The number of amides is 2. The third-order valence-electron chi connectivity index (χ3n) is 9.13. The zero-order valence-electron chi connectivity index (χ0n) is 27.6. The van der Waals surface area contributed by atoms with E-state index in [1.807, 2.05) is 39.1 Å². The minimum Gasteiger partial charge on any atom is -0.489 e. The summed E-state index contributed by atoms with van der Waals surface area (Å²) in [6.45, 7) is 15.3. The lowest BCUT2D eigenvalue weighted by atomic mass is 9.49. The van der Waals surface area contributed by atoms with Gasteiger partial charge in [0.25, 0.3) is 5.91 Å². The predicted molar refractivity (Wildman–Crippen MR) is 175 cm³/mol. The number of likely N-dealkylation sites (tertiary alicyclic amines) is 1. The largest absolute Gasteiger partial charge is 0.489 e. The molecule has 244 valence electrons. The third kappa shape index (κ3) is 7.00. The molecule has 1 aliphatic carbocycles. The Labute approximate surface area is 276 Å². The fraction of sp³-hybridized carbons (Fsp3) is 0.514. The topological polar surface area (TPSA) is 122 Å². The Morgan fingerprint density at radius 1 is 1.07 bits per heavy atom. The van der Waals surface area contributed by atoms with E-state index in [1.165, 1.54) is 0 Å². The number of rotatable bonds is 7. The second kappa shape index (κ2) is 12.6. The Hall–Kier alpha value is -4.10. The number of aromatic nitrogens is 3. The first-order chi connectivity index (χ1) is 21.6. The van der Waals surface area contributed by atoms with Gasteiger partial charge in [-0.3, -0.25) is 4.79 Å². The number of halogens is 1. The molecule has 1 saturated heterocycles. The van der Waals surface area contributed by atoms with Crippen molar-refractivity contribution in [2.45, 2.75) is 85.5 Å². The zero-order chi connectivity index (χ0) is 33.4. The molecule has 10 nitrogen and oxygen atoms in total. The van der Waals surface area contributed by atoms with E-state index in [0.29, 0.717) is 40.9 Å². The van der Waals surface area contributed by atoms with Crippen molar-refractivity contribution in [3.05, 3.63) is 70.5 Å². The number of piperidine rings is 1. The average molecular weight is 647 g/mol. The van der Waals surface area contributed by atoms with Crippen molar-refractivity contribution in [2.75, 3.05) is 13.1 Å². The highest BCUT2D eigenvalue weighted by Crippen LogP contribution is 2.55. The minimum absolute atomic E-state index is 0.139. The van der Waals surface area contributed by atoms with Gasteiger partial charge < -0.3 is 19.7 Å². The van der Waals surface area contributed by atoms with Crippen LogP contribution in [0.4, 0.5) is 4.79 Å². The lowest BCUT2D eigenvalue weighted by Gasteiger charge is -2.63. The normalized spacial score (nSPS) is 20.7. The SMILES string of the molecule is CC(C)(C)OC(=O)N1CCC(Cc2cn(-c3ccc(C(=O)NC4C(C)(C)C(Oc5ccc(C#N)c(Cl)c5)C4(C)C)cc3)nn2)CC1. The average Bonchev–Trinajstić information content (AvgIpc) is 3.46. The number of hydrogen-bond acceptors (Lipinski definition) is 7. The standard InChI is InChI=1S/C35H43ClN6O4/c1-33(2,3)46-32(44)41-16-14-22(15-17-41)18-25-21-42(40-39-25)26-11-8-23(9-12-26)29(43)38-30-34(4,5)31(35(30,6)7)45-27-13-10-24(20-37)28(36)19-27/h8-13,19,21-22,30-31H,14-18H2,1-7H3,(H,38,43). The number of ether oxygens (including phenoxy) is 2.